The molecule has 0 spiro atoms. The van der Waals surface area contributed by atoms with Gasteiger partial charge < -0.3 is 15.4 Å². The van der Waals surface area contributed by atoms with Crippen LogP contribution in [0.15, 0.2) is 53.5 Å². The first-order valence-corrected chi connectivity index (χ1v) is 8.07. The van der Waals surface area contributed by atoms with Crippen LogP contribution in [-0.4, -0.2) is 26.0 Å². The monoisotopic (exact) mass is 347 g/mol. The zero-order valence-electron chi connectivity index (χ0n) is 14.4. The van der Waals surface area contributed by atoms with Crippen molar-refractivity contribution < 1.29 is 13.5 Å². The second-order valence-corrected chi connectivity index (χ2v) is 5.61. The Morgan fingerprint density at radius 1 is 1.04 bits per heavy atom. The molecule has 0 fully saturated rings. The maximum absolute atomic E-state index is 12.2. The van der Waals surface area contributed by atoms with Crippen molar-refractivity contribution in [2.75, 3.05) is 13.7 Å². The summed E-state index contributed by atoms with van der Waals surface area (Å²) in [5.74, 6) is 1.10. The zero-order chi connectivity index (χ0) is 18.1. The third kappa shape index (κ3) is 6.79. The lowest BCUT2D eigenvalue weighted by molar-refractivity contribution is 0.0818. The van der Waals surface area contributed by atoms with Gasteiger partial charge in [0.1, 0.15) is 12.4 Å². The van der Waals surface area contributed by atoms with Crippen LogP contribution in [0.4, 0.5) is 8.78 Å². The average Bonchev–Trinajstić information content (AvgIpc) is 2.62. The fraction of sp³-hybridized carbons (Fsp3) is 0.316. The van der Waals surface area contributed by atoms with Gasteiger partial charge in [-0.1, -0.05) is 42.0 Å². The highest BCUT2D eigenvalue weighted by atomic mass is 19.3. The van der Waals surface area contributed by atoms with Crippen molar-refractivity contribution in [3.05, 3.63) is 65.2 Å². The van der Waals surface area contributed by atoms with Gasteiger partial charge in [-0.25, -0.2) is 8.78 Å². The first-order valence-electron chi connectivity index (χ1n) is 8.07. The van der Waals surface area contributed by atoms with Gasteiger partial charge >= 0.3 is 0 Å². The van der Waals surface area contributed by atoms with Gasteiger partial charge in [-0.05, 0) is 30.2 Å². The Balaban J connectivity index is 1.83. The normalized spacial score (nSPS) is 11.5. The molecule has 134 valence electrons. The van der Waals surface area contributed by atoms with Crippen molar-refractivity contribution in [1.29, 1.82) is 0 Å². The Morgan fingerprint density at radius 2 is 1.72 bits per heavy atom. The Morgan fingerprint density at radius 3 is 2.36 bits per heavy atom. The Kier molecular flexibility index (Phi) is 7.19. The van der Waals surface area contributed by atoms with E-state index in [1.54, 1.807) is 25.2 Å². The molecule has 2 aromatic carbocycles. The molecule has 0 saturated carbocycles. The molecule has 2 aromatic rings. The molecule has 0 aliphatic carbocycles. The third-order valence-electron chi connectivity index (χ3n) is 3.54. The number of guanidine groups is 1. The number of nitrogens with zero attached hydrogens (tertiary/aromatic N) is 1. The van der Waals surface area contributed by atoms with Crippen LogP contribution >= 0.6 is 0 Å². The molecule has 0 aliphatic heterocycles. The number of nitrogens with one attached hydrogen (secondary N) is 2. The standard InChI is InChI=1S/C19H23F2N3O/c1-14-6-8-15(9-7-14)11-23-19(22-2)24-12-16-4-3-5-17(10-16)25-13-18(20)21/h3-10,18H,11-13H2,1-2H3,(H2,22,23,24). The van der Waals surface area contributed by atoms with Gasteiger partial charge in [-0.15, -0.1) is 0 Å². The van der Waals surface area contributed by atoms with E-state index in [0.717, 1.165) is 11.1 Å². The molecule has 0 amide bonds. The van der Waals surface area contributed by atoms with E-state index < -0.39 is 13.0 Å². The fourth-order valence-electron chi connectivity index (χ4n) is 2.20. The number of alkyl halides is 2. The van der Waals surface area contributed by atoms with Crippen molar-refractivity contribution in [1.82, 2.24) is 10.6 Å². The van der Waals surface area contributed by atoms with E-state index in [4.69, 9.17) is 4.74 Å². The summed E-state index contributed by atoms with van der Waals surface area (Å²) >= 11 is 0. The molecule has 0 atom stereocenters. The van der Waals surface area contributed by atoms with Crippen molar-refractivity contribution >= 4 is 5.96 Å². The molecule has 0 unspecified atom stereocenters. The molecule has 2 N–H and O–H groups in total. The van der Waals surface area contributed by atoms with Gasteiger partial charge in [0, 0.05) is 20.1 Å². The lowest BCUT2D eigenvalue weighted by atomic mass is 10.1. The predicted octanol–water partition coefficient (Wildman–Crippen LogP) is 3.50. The van der Waals surface area contributed by atoms with Crippen LogP contribution in [0.25, 0.3) is 0 Å². The number of aryl methyl sites for hydroxylation is 1. The molecular weight excluding hydrogens is 324 g/mol. The largest absolute Gasteiger partial charge is 0.488 e. The number of benzene rings is 2. The highest BCUT2D eigenvalue weighted by Crippen LogP contribution is 2.14. The topological polar surface area (TPSA) is 45.7 Å². The maximum atomic E-state index is 12.2. The quantitative estimate of drug-likeness (QED) is 0.595. The maximum Gasteiger partial charge on any atom is 0.272 e. The summed E-state index contributed by atoms with van der Waals surface area (Å²) in [6.07, 6.45) is -2.48. The summed E-state index contributed by atoms with van der Waals surface area (Å²) in [6.45, 7) is 2.63. The van der Waals surface area contributed by atoms with Gasteiger partial charge in [0.15, 0.2) is 5.96 Å². The number of hydrogen-bond donors (Lipinski definition) is 2. The highest BCUT2D eigenvalue weighted by molar-refractivity contribution is 5.79. The number of rotatable bonds is 7. The van der Waals surface area contributed by atoms with Gasteiger partial charge in [0.25, 0.3) is 6.43 Å². The Bertz CT molecular complexity index is 687. The molecule has 0 aromatic heterocycles. The van der Waals surface area contributed by atoms with Crippen LogP contribution in [0.5, 0.6) is 5.75 Å². The van der Waals surface area contributed by atoms with E-state index in [0.29, 0.717) is 24.8 Å². The number of halogens is 2. The van der Waals surface area contributed by atoms with Crippen molar-refractivity contribution in [2.24, 2.45) is 4.99 Å². The minimum Gasteiger partial charge on any atom is -0.488 e. The van der Waals surface area contributed by atoms with E-state index in [2.05, 4.69) is 46.8 Å². The smallest absolute Gasteiger partial charge is 0.272 e. The lowest BCUT2D eigenvalue weighted by Gasteiger charge is -2.13. The first kappa shape index (κ1) is 18.7. The first-order chi connectivity index (χ1) is 12.1. The summed E-state index contributed by atoms with van der Waals surface area (Å²) in [6, 6.07) is 15.4. The Labute approximate surface area is 146 Å². The molecule has 2 rings (SSSR count). The van der Waals surface area contributed by atoms with Crippen LogP contribution in [0, 0.1) is 6.92 Å². The molecule has 0 aliphatic rings. The zero-order valence-corrected chi connectivity index (χ0v) is 14.4. The second-order valence-electron chi connectivity index (χ2n) is 5.61. The summed E-state index contributed by atoms with van der Waals surface area (Å²) in [5.41, 5.74) is 3.31. The van der Waals surface area contributed by atoms with Gasteiger partial charge in [0.05, 0.1) is 0 Å². The minimum atomic E-state index is -2.48. The number of hydrogen-bond acceptors (Lipinski definition) is 2. The minimum absolute atomic E-state index is 0.433. The van der Waals surface area contributed by atoms with E-state index in [1.165, 1.54) is 5.56 Å². The van der Waals surface area contributed by atoms with Gasteiger partial charge in [-0.2, -0.15) is 0 Å². The van der Waals surface area contributed by atoms with E-state index >= 15 is 0 Å². The Hall–Kier alpha value is -2.63. The second kappa shape index (κ2) is 9.61. The van der Waals surface area contributed by atoms with Gasteiger partial charge in [0.2, 0.25) is 0 Å². The van der Waals surface area contributed by atoms with Crippen molar-refractivity contribution in [3.63, 3.8) is 0 Å². The molecular formula is C19H23F2N3O. The summed E-state index contributed by atoms with van der Waals surface area (Å²) < 4.78 is 29.4. The summed E-state index contributed by atoms with van der Waals surface area (Å²) in [4.78, 5) is 4.18. The molecule has 0 saturated heterocycles. The summed E-state index contributed by atoms with van der Waals surface area (Å²) in [7, 11) is 1.70. The number of ether oxygens (including phenoxy) is 1. The van der Waals surface area contributed by atoms with Crippen LogP contribution in [0.1, 0.15) is 16.7 Å². The highest BCUT2D eigenvalue weighted by Gasteiger charge is 2.04. The van der Waals surface area contributed by atoms with Crippen LogP contribution in [-0.2, 0) is 13.1 Å². The van der Waals surface area contributed by atoms with E-state index in [9.17, 15) is 8.78 Å². The molecule has 6 heteroatoms. The lowest BCUT2D eigenvalue weighted by Crippen LogP contribution is -2.36. The molecule has 0 heterocycles. The SMILES string of the molecule is CN=C(NCc1ccc(C)cc1)NCc1cccc(OCC(F)F)c1. The van der Waals surface area contributed by atoms with Crippen molar-refractivity contribution in [3.8, 4) is 5.75 Å². The number of aliphatic imine (C=N–C) groups is 1. The predicted molar refractivity (Wildman–Crippen MR) is 96.2 cm³/mol. The van der Waals surface area contributed by atoms with E-state index in [1.807, 2.05) is 6.07 Å². The molecule has 25 heavy (non-hydrogen) atoms. The van der Waals surface area contributed by atoms with Crippen LogP contribution in [0.2, 0.25) is 0 Å². The molecule has 0 radical (unpaired) electrons. The molecule has 0 bridgehead atoms. The van der Waals surface area contributed by atoms with Crippen molar-refractivity contribution in [2.45, 2.75) is 26.4 Å². The van der Waals surface area contributed by atoms with Gasteiger partial charge in [-0.3, -0.25) is 4.99 Å². The van der Waals surface area contributed by atoms with Crippen LogP contribution < -0.4 is 15.4 Å². The molecule has 4 nitrogen and oxygen atoms in total. The van der Waals surface area contributed by atoms with E-state index in [-0.39, 0.29) is 0 Å². The average molecular weight is 347 g/mol. The fourth-order valence-corrected chi connectivity index (χ4v) is 2.20. The third-order valence-corrected chi connectivity index (χ3v) is 3.54. The van der Waals surface area contributed by atoms with Crippen LogP contribution in [0.3, 0.4) is 0 Å². The summed E-state index contributed by atoms with van der Waals surface area (Å²) in [5, 5.41) is 6.43.